The predicted octanol–water partition coefficient (Wildman–Crippen LogP) is 1.49. The third-order valence-corrected chi connectivity index (χ3v) is 7.45. The van der Waals surface area contributed by atoms with Crippen molar-refractivity contribution in [2.75, 3.05) is 78.9 Å². The molecule has 1 aromatic carbocycles. The SMILES string of the molecule is CC(CCCCCC(=O)CCN1CCN(CO)CCN(CO)CCN(C[CH-]OO)CC1)NC(=O)c1ccccc1.[Gd]. The van der Waals surface area contributed by atoms with Gasteiger partial charge in [-0.3, -0.25) is 24.6 Å². The van der Waals surface area contributed by atoms with Crippen molar-refractivity contribution < 1.29 is 69.9 Å². The molecule has 0 saturated carbocycles. The number of amides is 1. The van der Waals surface area contributed by atoms with Crippen LogP contribution in [0.1, 0.15) is 55.8 Å². The maximum Gasteiger partial charge on any atom is 0.251 e. The van der Waals surface area contributed by atoms with Gasteiger partial charge in [-0.05, 0) is 31.9 Å². The van der Waals surface area contributed by atoms with E-state index in [0.29, 0.717) is 64.2 Å². The molecular formula is C29H50GdN5O6-. The summed E-state index contributed by atoms with van der Waals surface area (Å²) in [4.78, 5) is 37.3. The van der Waals surface area contributed by atoms with Crippen molar-refractivity contribution in [2.45, 2.75) is 51.5 Å². The van der Waals surface area contributed by atoms with Crippen LogP contribution in [0.3, 0.4) is 0 Å². The van der Waals surface area contributed by atoms with E-state index in [4.69, 9.17) is 5.26 Å². The van der Waals surface area contributed by atoms with Crippen molar-refractivity contribution in [2.24, 2.45) is 0 Å². The van der Waals surface area contributed by atoms with E-state index < -0.39 is 0 Å². The van der Waals surface area contributed by atoms with E-state index in [2.05, 4.69) is 20.0 Å². The molecule has 41 heavy (non-hydrogen) atoms. The Labute approximate surface area is 277 Å². The van der Waals surface area contributed by atoms with Gasteiger partial charge in [0.15, 0.2) is 0 Å². The summed E-state index contributed by atoms with van der Waals surface area (Å²) in [5, 5.41) is 31.2. The van der Waals surface area contributed by atoms with E-state index in [9.17, 15) is 19.8 Å². The first-order chi connectivity index (χ1) is 19.4. The van der Waals surface area contributed by atoms with Crippen molar-refractivity contribution in [1.29, 1.82) is 0 Å². The van der Waals surface area contributed by atoms with Gasteiger partial charge in [-0.1, -0.05) is 31.0 Å². The minimum atomic E-state index is -0.0535. The largest absolute Gasteiger partial charge is 0.414 e. The van der Waals surface area contributed by atoms with Crippen molar-refractivity contribution in [3.63, 3.8) is 0 Å². The molecule has 1 unspecified atom stereocenters. The summed E-state index contributed by atoms with van der Waals surface area (Å²) in [6.45, 7) is 9.90. The van der Waals surface area contributed by atoms with Crippen LogP contribution in [0.25, 0.3) is 0 Å². The fourth-order valence-electron chi connectivity index (χ4n) is 4.73. The molecule has 2 rings (SSSR count). The number of Topliss-reactive ketones (excluding diaryl/α,β-unsaturated/α-hetero) is 1. The monoisotopic (exact) mass is 722 g/mol. The Hall–Kier alpha value is -0.635. The summed E-state index contributed by atoms with van der Waals surface area (Å²) in [6.07, 6.45) is 4.70. The van der Waals surface area contributed by atoms with Gasteiger partial charge < -0.3 is 30.2 Å². The van der Waals surface area contributed by atoms with E-state index in [0.717, 1.165) is 45.3 Å². The van der Waals surface area contributed by atoms with Crippen LogP contribution in [0, 0.1) is 46.5 Å². The predicted molar refractivity (Wildman–Crippen MR) is 154 cm³/mol. The topological polar surface area (TPSA) is 129 Å². The van der Waals surface area contributed by atoms with E-state index in [1.165, 1.54) is 6.61 Å². The first-order valence-electron chi connectivity index (χ1n) is 14.6. The molecule has 0 radical (unpaired) electrons. The molecule has 0 spiro atoms. The van der Waals surface area contributed by atoms with Gasteiger partial charge >= 0.3 is 0 Å². The summed E-state index contributed by atoms with van der Waals surface area (Å²) in [5.41, 5.74) is 0.667. The first kappa shape index (κ1) is 38.4. The molecular weight excluding hydrogens is 672 g/mol. The average Bonchev–Trinajstić information content (AvgIpc) is 2.96. The Morgan fingerprint density at radius 3 is 1.98 bits per heavy atom. The number of rotatable bonds is 16. The van der Waals surface area contributed by atoms with Crippen molar-refractivity contribution >= 4 is 11.7 Å². The van der Waals surface area contributed by atoms with Crippen LogP contribution in [-0.2, 0) is 9.68 Å². The number of benzene rings is 1. The standard InChI is InChI=1S/C29H50N5O6.Gd/c1-26(30-29(38)27-9-5-3-6-10-27)8-4-2-7-11-28(37)12-13-31-14-15-32(22-23-40-39)17-19-34(25-36)21-20-33(24-35)18-16-31;/h3,5-6,9-10,23,26,35-36,39H,2,4,7-8,11-22,24-25H2,1H3,(H,30,38);/q-1;. The van der Waals surface area contributed by atoms with E-state index >= 15 is 0 Å². The maximum absolute atomic E-state index is 12.6. The van der Waals surface area contributed by atoms with Gasteiger partial charge in [-0.25, -0.2) is 0 Å². The zero-order chi connectivity index (χ0) is 29.0. The van der Waals surface area contributed by atoms with Gasteiger partial charge in [-0.15, -0.1) is 6.54 Å². The van der Waals surface area contributed by atoms with Crippen molar-refractivity contribution in [3.05, 3.63) is 42.5 Å². The fraction of sp³-hybridized carbons (Fsp3) is 0.690. The Bertz CT molecular complexity index is 824. The van der Waals surface area contributed by atoms with Gasteiger partial charge in [0.1, 0.15) is 5.78 Å². The number of carbonyl (C=O) groups excluding carboxylic acids is 2. The summed E-state index contributed by atoms with van der Waals surface area (Å²) in [5.74, 6) is 0.204. The Morgan fingerprint density at radius 2 is 1.41 bits per heavy atom. The zero-order valence-electron chi connectivity index (χ0n) is 24.5. The fourth-order valence-corrected chi connectivity index (χ4v) is 4.73. The molecule has 1 aliphatic rings. The number of aliphatic hydroxyl groups excluding tert-OH is 2. The van der Waals surface area contributed by atoms with Crippen LogP contribution in [0.15, 0.2) is 30.3 Å². The normalized spacial score (nSPS) is 17.7. The molecule has 0 aliphatic carbocycles. The zero-order valence-corrected chi connectivity index (χ0v) is 26.7. The second-order valence-electron chi connectivity index (χ2n) is 10.6. The summed E-state index contributed by atoms with van der Waals surface area (Å²) in [7, 11) is 0. The summed E-state index contributed by atoms with van der Waals surface area (Å²) in [6, 6.07) is 9.30. The summed E-state index contributed by atoms with van der Waals surface area (Å²) < 4.78 is 0. The van der Waals surface area contributed by atoms with Crippen molar-refractivity contribution in [1.82, 2.24) is 24.9 Å². The smallest absolute Gasteiger partial charge is 0.251 e. The second kappa shape index (κ2) is 23.8. The van der Waals surface area contributed by atoms with Gasteiger partial charge in [0.2, 0.25) is 0 Å². The van der Waals surface area contributed by atoms with Crippen LogP contribution < -0.4 is 5.32 Å². The van der Waals surface area contributed by atoms with Crippen LogP contribution in [-0.4, -0.2) is 132 Å². The number of nitrogens with zero attached hydrogens (tertiary/aromatic N) is 4. The molecule has 4 N–H and O–H groups in total. The average molecular weight is 722 g/mol. The number of carbonyl (C=O) groups is 2. The number of hydrogen-bond donors (Lipinski definition) is 4. The van der Waals surface area contributed by atoms with Crippen molar-refractivity contribution in [3.8, 4) is 0 Å². The minimum Gasteiger partial charge on any atom is -0.414 e. The van der Waals surface area contributed by atoms with Gasteiger partial charge in [0.05, 0.1) is 13.5 Å². The Balaban J connectivity index is 0.00000840. The van der Waals surface area contributed by atoms with Gasteiger partial charge in [0.25, 0.3) is 5.91 Å². The van der Waals surface area contributed by atoms with E-state index in [1.807, 2.05) is 47.1 Å². The molecule has 1 amide bonds. The molecule has 1 heterocycles. The number of aliphatic hydroxyl groups is 2. The van der Waals surface area contributed by atoms with Gasteiger partial charge in [-0.2, -0.15) is 6.61 Å². The molecule has 0 bridgehead atoms. The molecule has 12 heteroatoms. The molecule has 11 nitrogen and oxygen atoms in total. The first-order valence-corrected chi connectivity index (χ1v) is 14.6. The molecule has 1 atom stereocenters. The number of ketones is 1. The van der Waals surface area contributed by atoms with E-state index in [1.54, 1.807) is 0 Å². The molecule has 1 aromatic rings. The molecule has 1 fully saturated rings. The van der Waals surface area contributed by atoms with E-state index in [-0.39, 0.29) is 71.1 Å². The van der Waals surface area contributed by atoms with Gasteiger partial charge in [0, 0.05) is 123 Å². The maximum atomic E-state index is 12.6. The second-order valence-corrected chi connectivity index (χ2v) is 10.6. The molecule has 1 aliphatic heterocycles. The Kier molecular flexibility index (Phi) is 22.3. The van der Waals surface area contributed by atoms with Crippen LogP contribution in [0.4, 0.5) is 0 Å². The number of hydrogen-bond acceptors (Lipinski definition) is 10. The molecule has 236 valence electrons. The van der Waals surface area contributed by atoms with Crippen LogP contribution in [0.2, 0.25) is 0 Å². The number of nitrogens with one attached hydrogen (secondary N) is 1. The number of unbranched alkanes of at least 4 members (excludes halogenated alkanes) is 2. The van der Waals surface area contributed by atoms with Crippen LogP contribution >= 0.6 is 0 Å². The molecule has 1 saturated heterocycles. The molecule has 0 aromatic heterocycles. The third-order valence-electron chi connectivity index (χ3n) is 7.45. The Morgan fingerprint density at radius 1 is 0.854 bits per heavy atom. The summed E-state index contributed by atoms with van der Waals surface area (Å²) >= 11 is 0. The third kappa shape index (κ3) is 17.3. The quantitative estimate of drug-likeness (QED) is 0.0864. The minimum absolute atomic E-state index is 0. The van der Waals surface area contributed by atoms with Crippen LogP contribution in [0.5, 0.6) is 0 Å².